The number of ether oxygens (including phenoxy) is 1. The van der Waals surface area contributed by atoms with Crippen LogP contribution in [0, 0.1) is 0 Å². The Bertz CT molecular complexity index is 275. The number of methoxy groups -OCH3 is 1. The zero-order chi connectivity index (χ0) is 9.84. The third-order valence-corrected chi connectivity index (χ3v) is 1.91. The fourth-order valence-electron chi connectivity index (χ4n) is 1.32. The number of nitrogens with zero attached hydrogens (tertiary/aromatic N) is 1. The van der Waals surface area contributed by atoms with Crippen molar-refractivity contribution in [2.24, 2.45) is 4.99 Å². The zero-order valence-electron chi connectivity index (χ0n) is 7.83. The Morgan fingerprint density at radius 3 is 2.69 bits per heavy atom. The van der Waals surface area contributed by atoms with Crippen molar-refractivity contribution in [1.82, 2.24) is 0 Å². The molecule has 1 N–H and O–H groups in total. The van der Waals surface area contributed by atoms with E-state index in [9.17, 15) is 9.90 Å². The van der Waals surface area contributed by atoms with Crippen molar-refractivity contribution >= 4 is 11.7 Å². The standard InChI is InChI=1S/C9H13NO3/c1-6(11)8(9(12)13-2)7-4-3-5-10-7/h11H,3-5H2,1-2H3. The van der Waals surface area contributed by atoms with Gasteiger partial charge >= 0.3 is 5.97 Å². The number of carbonyl (C=O) groups is 1. The van der Waals surface area contributed by atoms with Gasteiger partial charge in [0, 0.05) is 6.54 Å². The first-order valence-electron chi connectivity index (χ1n) is 4.18. The predicted octanol–water partition coefficient (Wildman–Crippen LogP) is 1.23. The molecular formula is C9H13NO3. The van der Waals surface area contributed by atoms with E-state index in [1.165, 1.54) is 14.0 Å². The van der Waals surface area contributed by atoms with E-state index in [2.05, 4.69) is 9.73 Å². The SMILES string of the molecule is COC(=O)C(C1=NCCC1)=C(C)O. The number of aliphatic hydroxyl groups is 1. The van der Waals surface area contributed by atoms with Crippen molar-refractivity contribution in [1.29, 1.82) is 0 Å². The molecule has 1 aliphatic rings. The van der Waals surface area contributed by atoms with Gasteiger partial charge in [0.2, 0.25) is 0 Å². The number of allylic oxidation sites excluding steroid dienone is 1. The van der Waals surface area contributed by atoms with Gasteiger partial charge in [0.1, 0.15) is 11.3 Å². The summed E-state index contributed by atoms with van der Waals surface area (Å²) in [5, 5.41) is 9.27. The molecule has 72 valence electrons. The lowest BCUT2D eigenvalue weighted by atomic mass is 10.1. The van der Waals surface area contributed by atoms with Crippen LogP contribution in [-0.2, 0) is 9.53 Å². The van der Waals surface area contributed by atoms with E-state index in [-0.39, 0.29) is 11.3 Å². The van der Waals surface area contributed by atoms with E-state index >= 15 is 0 Å². The molecule has 0 amide bonds. The van der Waals surface area contributed by atoms with Gasteiger partial charge in [-0.15, -0.1) is 0 Å². The number of hydrogen-bond acceptors (Lipinski definition) is 4. The van der Waals surface area contributed by atoms with Crippen molar-refractivity contribution in [3.05, 3.63) is 11.3 Å². The van der Waals surface area contributed by atoms with E-state index in [1.54, 1.807) is 0 Å². The molecule has 1 heterocycles. The van der Waals surface area contributed by atoms with E-state index in [4.69, 9.17) is 0 Å². The van der Waals surface area contributed by atoms with Crippen LogP contribution in [0.25, 0.3) is 0 Å². The molecule has 4 heteroatoms. The molecule has 0 saturated heterocycles. The number of hydrogen-bond donors (Lipinski definition) is 1. The zero-order valence-corrected chi connectivity index (χ0v) is 7.83. The van der Waals surface area contributed by atoms with Crippen LogP contribution in [0.3, 0.4) is 0 Å². The molecule has 0 radical (unpaired) electrons. The smallest absolute Gasteiger partial charge is 0.343 e. The van der Waals surface area contributed by atoms with E-state index in [0.717, 1.165) is 19.4 Å². The van der Waals surface area contributed by atoms with Crippen LogP contribution in [-0.4, -0.2) is 30.4 Å². The van der Waals surface area contributed by atoms with Gasteiger partial charge < -0.3 is 9.84 Å². The summed E-state index contributed by atoms with van der Waals surface area (Å²) in [4.78, 5) is 15.3. The van der Waals surface area contributed by atoms with E-state index < -0.39 is 5.97 Å². The Kier molecular flexibility index (Phi) is 3.06. The quantitative estimate of drug-likeness (QED) is 0.398. The van der Waals surface area contributed by atoms with Crippen molar-refractivity contribution in [2.45, 2.75) is 19.8 Å². The van der Waals surface area contributed by atoms with Crippen LogP contribution in [0.4, 0.5) is 0 Å². The monoisotopic (exact) mass is 183 g/mol. The number of rotatable bonds is 2. The first kappa shape index (κ1) is 9.77. The second-order valence-electron chi connectivity index (χ2n) is 2.88. The highest BCUT2D eigenvalue weighted by Crippen LogP contribution is 2.15. The highest BCUT2D eigenvalue weighted by molar-refractivity contribution is 6.20. The van der Waals surface area contributed by atoms with Crippen LogP contribution >= 0.6 is 0 Å². The predicted molar refractivity (Wildman–Crippen MR) is 48.9 cm³/mol. The summed E-state index contributed by atoms with van der Waals surface area (Å²) < 4.78 is 4.55. The molecule has 0 atom stereocenters. The number of esters is 1. The Morgan fingerprint density at radius 2 is 2.31 bits per heavy atom. The molecule has 0 unspecified atom stereocenters. The fraction of sp³-hybridized carbons (Fsp3) is 0.556. The second kappa shape index (κ2) is 4.07. The summed E-state index contributed by atoms with van der Waals surface area (Å²) >= 11 is 0. The van der Waals surface area contributed by atoms with Gasteiger partial charge in [-0.2, -0.15) is 0 Å². The van der Waals surface area contributed by atoms with Gasteiger partial charge in [-0.05, 0) is 19.8 Å². The molecule has 0 aromatic carbocycles. The van der Waals surface area contributed by atoms with Gasteiger partial charge in [0.05, 0.1) is 12.8 Å². The molecule has 4 nitrogen and oxygen atoms in total. The van der Waals surface area contributed by atoms with Crippen molar-refractivity contribution in [3.63, 3.8) is 0 Å². The summed E-state index contributed by atoms with van der Waals surface area (Å²) in [7, 11) is 1.29. The van der Waals surface area contributed by atoms with Crippen LogP contribution < -0.4 is 0 Å². The highest BCUT2D eigenvalue weighted by Gasteiger charge is 2.21. The first-order chi connectivity index (χ1) is 6.16. The number of aliphatic imine (C=N–C) groups is 1. The number of aliphatic hydroxyl groups excluding tert-OH is 1. The molecule has 0 fully saturated rings. The molecule has 0 aromatic rings. The fourth-order valence-corrected chi connectivity index (χ4v) is 1.32. The second-order valence-corrected chi connectivity index (χ2v) is 2.88. The number of carbonyl (C=O) groups excluding carboxylic acids is 1. The maximum atomic E-state index is 11.2. The van der Waals surface area contributed by atoms with Crippen molar-refractivity contribution in [3.8, 4) is 0 Å². The lowest BCUT2D eigenvalue weighted by Crippen LogP contribution is -2.15. The maximum Gasteiger partial charge on any atom is 0.343 e. The molecule has 0 aliphatic carbocycles. The molecule has 0 saturated carbocycles. The Hall–Kier alpha value is -1.32. The normalized spacial score (nSPS) is 17.8. The maximum absolute atomic E-state index is 11.2. The lowest BCUT2D eigenvalue weighted by Gasteiger charge is -2.05. The third-order valence-electron chi connectivity index (χ3n) is 1.91. The highest BCUT2D eigenvalue weighted by atomic mass is 16.5. The van der Waals surface area contributed by atoms with Crippen LogP contribution in [0.1, 0.15) is 19.8 Å². The molecule has 0 spiro atoms. The van der Waals surface area contributed by atoms with Gasteiger partial charge in [0.25, 0.3) is 0 Å². The Balaban J connectivity index is 2.93. The minimum atomic E-state index is -0.513. The third kappa shape index (κ3) is 2.08. The lowest BCUT2D eigenvalue weighted by molar-refractivity contribution is -0.135. The van der Waals surface area contributed by atoms with Gasteiger partial charge in [-0.1, -0.05) is 0 Å². The van der Waals surface area contributed by atoms with Gasteiger partial charge in [0.15, 0.2) is 0 Å². The van der Waals surface area contributed by atoms with Crippen molar-refractivity contribution < 1.29 is 14.6 Å². The summed E-state index contributed by atoms with van der Waals surface area (Å²) in [5.74, 6) is -0.534. The topological polar surface area (TPSA) is 58.9 Å². The summed E-state index contributed by atoms with van der Waals surface area (Å²) in [6.07, 6.45) is 1.67. The molecule has 0 aromatic heterocycles. The van der Waals surface area contributed by atoms with Crippen LogP contribution in [0.15, 0.2) is 16.3 Å². The average molecular weight is 183 g/mol. The molecule has 0 bridgehead atoms. The largest absolute Gasteiger partial charge is 0.512 e. The van der Waals surface area contributed by atoms with Crippen LogP contribution in [0.5, 0.6) is 0 Å². The molecule has 1 aliphatic heterocycles. The van der Waals surface area contributed by atoms with Gasteiger partial charge in [-0.3, -0.25) is 4.99 Å². The molecule has 13 heavy (non-hydrogen) atoms. The minimum absolute atomic E-state index is 0.0208. The Morgan fingerprint density at radius 1 is 1.62 bits per heavy atom. The van der Waals surface area contributed by atoms with Crippen molar-refractivity contribution in [2.75, 3.05) is 13.7 Å². The minimum Gasteiger partial charge on any atom is -0.512 e. The molecular weight excluding hydrogens is 170 g/mol. The summed E-state index contributed by atoms with van der Waals surface area (Å²) in [6.45, 7) is 2.19. The molecule has 1 rings (SSSR count). The van der Waals surface area contributed by atoms with Crippen LogP contribution in [0.2, 0.25) is 0 Å². The van der Waals surface area contributed by atoms with E-state index in [0.29, 0.717) is 5.71 Å². The van der Waals surface area contributed by atoms with E-state index in [1.807, 2.05) is 0 Å². The average Bonchev–Trinajstić information content (AvgIpc) is 2.56. The summed E-state index contributed by atoms with van der Waals surface area (Å²) in [6, 6.07) is 0. The first-order valence-corrected chi connectivity index (χ1v) is 4.18. The van der Waals surface area contributed by atoms with Gasteiger partial charge in [-0.25, -0.2) is 4.79 Å². The Labute approximate surface area is 76.9 Å². The summed E-state index contributed by atoms with van der Waals surface area (Å²) in [5.41, 5.74) is 0.881.